The van der Waals surface area contributed by atoms with Crippen molar-refractivity contribution in [1.82, 2.24) is 14.7 Å². The molecule has 0 atom stereocenters. The molecule has 0 saturated carbocycles. The van der Waals surface area contributed by atoms with Gasteiger partial charge in [0.2, 0.25) is 0 Å². The third-order valence-electron chi connectivity index (χ3n) is 3.85. The Bertz CT molecular complexity index is 423. The standard InChI is InChI=1S/C14H22Cl3N3O3/c15-12(21)18-6-3-1-2-4-7-19(13(16)22)10-11-20(14(17)23)9-5-8-18/h1-11H2. The van der Waals surface area contributed by atoms with Gasteiger partial charge in [0, 0.05) is 39.3 Å². The maximum atomic E-state index is 11.5. The summed E-state index contributed by atoms with van der Waals surface area (Å²) in [6.45, 7) is 2.67. The van der Waals surface area contributed by atoms with Gasteiger partial charge >= 0.3 is 16.1 Å². The first-order valence-electron chi connectivity index (χ1n) is 7.75. The Kier molecular flexibility index (Phi) is 9.67. The molecule has 1 aliphatic heterocycles. The molecule has 6 nitrogen and oxygen atoms in total. The van der Waals surface area contributed by atoms with E-state index in [0.29, 0.717) is 45.7 Å². The monoisotopic (exact) mass is 385 g/mol. The zero-order valence-electron chi connectivity index (χ0n) is 13.0. The van der Waals surface area contributed by atoms with Gasteiger partial charge in [-0.25, -0.2) is 0 Å². The average Bonchev–Trinajstić information content (AvgIpc) is 2.47. The van der Waals surface area contributed by atoms with Crippen LogP contribution in [-0.2, 0) is 0 Å². The summed E-state index contributed by atoms with van der Waals surface area (Å²) in [4.78, 5) is 38.9. The lowest BCUT2D eigenvalue weighted by atomic mass is 10.1. The predicted octanol–water partition coefficient (Wildman–Crippen LogP) is 3.93. The minimum Gasteiger partial charge on any atom is -0.329 e. The highest BCUT2D eigenvalue weighted by molar-refractivity contribution is 6.63. The average molecular weight is 387 g/mol. The second kappa shape index (κ2) is 10.9. The van der Waals surface area contributed by atoms with Gasteiger partial charge in [-0.1, -0.05) is 12.8 Å². The van der Waals surface area contributed by atoms with E-state index in [1.807, 2.05) is 0 Å². The van der Waals surface area contributed by atoms with Crippen molar-refractivity contribution < 1.29 is 14.4 Å². The van der Waals surface area contributed by atoms with Crippen LogP contribution < -0.4 is 0 Å². The SMILES string of the molecule is O=C(Cl)N1CCCCCCN(C(=O)Cl)CCN(C(=O)Cl)CCC1. The fourth-order valence-corrected chi connectivity index (χ4v) is 3.02. The van der Waals surface area contributed by atoms with Crippen molar-refractivity contribution in [2.24, 2.45) is 0 Å². The van der Waals surface area contributed by atoms with Crippen molar-refractivity contribution >= 4 is 50.9 Å². The number of nitrogens with zero attached hydrogens (tertiary/aromatic N) is 3. The van der Waals surface area contributed by atoms with E-state index < -0.39 is 16.1 Å². The molecule has 1 saturated heterocycles. The quantitative estimate of drug-likeness (QED) is 0.468. The lowest BCUT2D eigenvalue weighted by molar-refractivity contribution is 0.191. The molecule has 9 heteroatoms. The molecule has 0 aromatic heterocycles. The summed E-state index contributed by atoms with van der Waals surface area (Å²) >= 11 is 16.7. The first-order valence-corrected chi connectivity index (χ1v) is 8.88. The molecule has 0 bridgehead atoms. The smallest absolute Gasteiger partial charge is 0.316 e. The Morgan fingerprint density at radius 3 is 1.13 bits per heavy atom. The fraction of sp³-hybridized carbons (Fsp3) is 0.786. The van der Waals surface area contributed by atoms with E-state index in [9.17, 15) is 14.4 Å². The number of hydrogen-bond acceptors (Lipinski definition) is 3. The molecule has 0 radical (unpaired) electrons. The largest absolute Gasteiger partial charge is 0.329 e. The Balaban J connectivity index is 2.67. The molecule has 0 N–H and O–H groups in total. The highest BCUT2D eigenvalue weighted by Crippen LogP contribution is 2.10. The summed E-state index contributed by atoms with van der Waals surface area (Å²) in [6, 6.07) is 0. The molecule has 1 heterocycles. The van der Waals surface area contributed by atoms with Crippen LogP contribution in [0.2, 0.25) is 0 Å². The number of rotatable bonds is 0. The van der Waals surface area contributed by atoms with E-state index in [-0.39, 0.29) is 0 Å². The zero-order chi connectivity index (χ0) is 17.2. The highest BCUT2D eigenvalue weighted by atomic mass is 35.5. The number of carbonyl (C=O) groups excluding carboxylic acids is 3. The molecule has 1 aliphatic rings. The third kappa shape index (κ3) is 8.08. The molecule has 0 aliphatic carbocycles. The zero-order valence-corrected chi connectivity index (χ0v) is 15.2. The van der Waals surface area contributed by atoms with Crippen molar-refractivity contribution in [3.05, 3.63) is 0 Å². The van der Waals surface area contributed by atoms with E-state index in [1.165, 1.54) is 9.80 Å². The van der Waals surface area contributed by atoms with Crippen LogP contribution >= 0.6 is 34.8 Å². The summed E-state index contributed by atoms with van der Waals surface area (Å²) in [5, 5.41) is -1.57. The third-order valence-corrected chi connectivity index (χ3v) is 4.56. The number of halogens is 3. The maximum absolute atomic E-state index is 11.5. The lowest BCUT2D eigenvalue weighted by Gasteiger charge is -2.27. The summed E-state index contributed by atoms with van der Waals surface area (Å²) in [5.74, 6) is 0. The van der Waals surface area contributed by atoms with Crippen LogP contribution in [0, 0.1) is 0 Å². The molecule has 0 spiro atoms. The van der Waals surface area contributed by atoms with Gasteiger partial charge in [0.15, 0.2) is 0 Å². The Morgan fingerprint density at radius 2 is 0.783 bits per heavy atom. The molecule has 1 rings (SSSR count). The van der Waals surface area contributed by atoms with Crippen LogP contribution in [-0.4, -0.2) is 70.1 Å². The first kappa shape index (κ1) is 20.3. The van der Waals surface area contributed by atoms with E-state index in [0.717, 1.165) is 25.7 Å². The van der Waals surface area contributed by atoms with Gasteiger partial charge in [-0.05, 0) is 54.1 Å². The van der Waals surface area contributed by atoms with Crippen molar-refractivity contribution in [2.75, 3.05) is 39.3 Å². The number of hydrogen-bond donors (Lipinski definition) is 0. The van der Waals surface area contributed by atoms with Crippen molar-refractivity contribution in [3.63, 3.8) is 0 Å². The van der Waals surface area contributed by atoms with Crippen LogP contribution in [0.5, 0.6) is 0 Å². The number of carbonyl (C=O) groups is 3. The van der Waals surface area contributed by atoms with Gasteiger partial charge in [-0.2, -0.15) is 0 Å². The van der Waals surface area contributed by atoms with E-state index >= 15 is 0 Å². The van der Waals surface area contributed by atoms with E-state index in [1.54, 1.807) is 4.90 Å². The molecule has 3 amide bonds. The molecule has 0 aromatic rings. The Labute approximate surface area is 151 Å². The van der Waals surface area contributed by atoms with Gasteiger partial charge < -0.3 is 14.7 Å². The second-order valence-corrected chi connectivity index (χ2v) is 6.46. The highest BCUT2D eigenvalue weighted by Gasteiger charge is 2.17. The van der Waals surface area contributed by atoms with Crippen LogP contribution in [0.15, 0.2) is 0 Å². The van der Waals surface area contributed by atoms with Gasteiger partial charge in [0.1, 0.15) is 0 Å². The molecule has 0 aromatic carbocycles. The maximum Gasteiger partial charge on any atom is 0.316 e. The van der Waals surface area contributed by atoms with Gasteiger partial charge in [0.05, 0.1) is 0 Å². The van der Waals surface area contributed by atoms with Crippen molar-refractivity contribution in [2.45, 2.75) is 32.1 Å². The van der Waals surface area contributed by atoms with Crippen molar-refractivity contribution in [1.29, 1.82) is 0 Å². The minimum atomic E-state index is -0.581. The van der Waals surface area contributed by atoms with Gasteiger partial charge in [0.25, 0.3) is 0 Å². The summed E-state index contributed by atoms with van der Waals surface area (Å²) < 4.78 is 0. The summed E-state index contributed by atoms with van der Waals surface area (Å²) in [7, 11) is 0. The lowest BCUT2D eigenvalue weighted by Crippen LogP contribution is -2.39. The van der Waals surface area contributed by atoms with Crippen LogP contribution in [0.4, 0.5) is 14.4 Å². The van der Waals surface area contributed by atoms with Gasteiger partial charge in [-0.3, -0.25) is 14.4 Å². The molecule has 0 unspecified atom stereocenters. The minimum absolute atomic E-state index is 0.315. The number of amides is 3. The van der Waals surface area contributed by atoms with E-state index in [4.69, 9.17) is 34.8 Å². The second-order valence-electron chi connectivity index (χ2n) is 5.49. The van der Waals surface area contributed by atoms with Crippen LogP contribution in [0.1, 0.15) is 32.1 Å². The van der Waals surface area contributed by atoms with Crippen LogP contribution in [0.3, 0.4) is 0 Å². The molecular formula is C14H22Cl3N3O3. The summed E-state index contributed by atoms with van der Waals surface area (Å²) in [6.07, 6.45) is 4.14. The molecular weight excluding hydrogens is 365 g/mol. The predicted molar refractivity (Wildman–Crippen MR) is 91.6 cm³/mol. The molecule has 23 heavy (non-hydrogen) atoms. The molecule has 132 valence electrons. The van der Waals surface area contributed by atoms with Crippen molar-refractivity contribution in [3.8, 4) is 0 Å². The Hall–Kier alpha value is -0.720. The molecule has 1 fully saturated rings. The van der Waals surface area contributed by atoms with Crippen LogP contribution in [0.25, 0.3) is 0 Å². The topological polar surface area (TPSA) is 60.9 Å². The Morgan fingerprint density at radius 1 is 0.478 bits per heavy atom. The van der Waals surface area contributed by atoms with E-state index in [2.05, 4.69) is 0 Å². The summed E-state index contributed by atoms with van der Waals surface area (Å²) in [5.41, 5.74) is 0. The normalized spacial score (nSPS) is 19.2. The van der Waals surface area contributed by atoms with Gasteiger partial charge in [-0.15, -0.1) is 0 Å². The first-order chi connectivity index (χ1) is 10.9. The fourth-order valence-electron chi connectivity index (χ4n) is 2.52.